The summed E-state index contributed by atoms with van der Waals surface area (Å²) in [5, 5.41) is 2.95. The molecule has 1 rings (SSSR count). The molecule has 1 fully saturated rings. The van der Waals surface area contributed by atoms with E-state index in [2.05, 4.69) is 19.2 Å². The van der Waals surface area contributed by atoms with Crippen molar-refractivity contribution in [2.45, 2.75) is 52.1 Å². The number of rotatable bonds is 6. The van der Waals surface area contributed by atoms with Gasteiger partial charge in [0.25, 0.3) is 0 Å². The molecule has 1 aliphatic rings. The van der Waals surface area contributed by atoms with Crippen LogP contribution in [0.25, 0.3) is 0 Å². The third-order valence-electron chi connectivity index (χ3n) is 3.41. The van der Waals surface area contributed by atoms with Gasteiger partial charge in [-0.15, -0.1) is 0 Å². The van der Waals surface area contributed by atoms with E-state index in [4.69, 9.17) is 4.74 Å². The molecule has 1 atom stereocenters. The number of amides is 2. The Balaban J connectivity index is 2.10. The lowest BCUT2D eigenvalue weighted by Gasteiger charge is -2.25. The maximum atomic E-state index is 11.8. The topological polar surface area (TPSA) is 41.6 Å². The number of nitrogens with one attached hydrogen (secondary N) is 1. The molecule has 106 valence electrons. The Bertz CT molecular complexity index is 238. The second-order valence-corrected chi connectivity index (χ2v) is 5.61. The summed E-state index contributed by atoms with van der Waals surface area (Å²) in [5.41, 5.74) is 0. The Morgan fingerprint density at radius 3 is 2.83 bits per heavy atom. The maximum absolute atomic E-state index is 11.8. The molecule has 4 heteroatoms. The molecule has 1 saturated heterocycles. The van der Waals surface area contributed by atoms with Gasteiger partial charge in [0.05, 0.1) is 6.10 Å². The van der Waals surface area contributed by atoms with Crippen molar-refractivity contribution in [2.75, 3.05) is 26.7 Å². The molecule has 0 radical (unpaired) electrons. The van der Waals surface area contributed by atoms with Crippen LogP contribution in [0.3, 0.4) is 0 Å². The lowest BCUT2D eigenvalue weighted by Crippen LogP contribution is -2.39. The third-order valence-corrected chi connectivity index (χ3v) is 3.41. The van der Waals surface area contributed by atoms with Crippen molar-refractivity contribution in [3.05, 3.63) is 0 Å². The molecule has 0 aromatic rings. The van der Waals surface area contributed by atoms with Crippen LogP contribution in [0, 0.1) is 5.92 Å². The average Bonchev–Trinajstić information content (AvgIpc) is 2.36. The van der Waals surface area contributed by atoms with Crippen LogP contribution in [-0.4, -0.2) is 43.8 Å². The first-order valence-electron chi connectivity index (χ1n) is 7.20. The second kappa shape index (κ2) is 8.35. The molecule has 18 heavy (non-hydrogen) atoms. The summed E-state index contributed by atoms with van der Waals surface area (Å²) in [4.78, 5) is 13.5. The van der Waals surface area contributed by atoms with Crippen LogP contribution in [0.1, 0.15) is 46.0 Å². The highest BCUT2D eigenvalue weighted by atomic mass is 16.5. The fraction of sp³-hybridized carbons (Fsp3) is 0.929. The SMILES string of the molecule is CC(C)CCNC(=O)N(C)CCC1CCCCO1. The first-order chi connectivity index (χ1) is 8.59. The van der Waals surface area contributed by atoms with Gasteiger partial charge in [-0.25, -0.2) is 4.79 Å². The molecule has 0 aliphatic carbocycles. The highest BCUT2D eigenvalue weighted by Gasteiger charge is 2.16. The van der Waals surface area contributed by atoms with Crippen LogP contribution < -0.4 is 5.32 Å². The summed E-state index contributed by atoms with van der Waals surface area (Å²) in [6, 6.07) is 0.0338. The summed E-state index contributed by atoms with van der Waals surface area (Å²) < 4.78 is 5.66. The van der Waals surface area contributed by atoms with E-state index < -0.39 is 0 Å². The van der Waals surface area contributed by atoms with Crippen molar-refractivity contribution in [2.24, 2.45) is 5.92 Å². The average molecular weight is 256 g/mol. The summed E-state index contributed by atoms with van der Waals surface area (Å²) in [6.07, 6.45) is 5.92. The van der Waals surface area contributed by atoms with Gasteiger partial charge in [0, 0.05) is 26.7 Å². The molecular formula is C14H28N2O2. The molecule has 2 amide bonds. The Kier molecular flexibility index (Phi) is 7.09. The summed E-state index contributed by atoms with van der Waals surface area (Å²) in [5.74, 6) is 0.631. The van der Waals surface area contributed by atoms with Crippen LogP contribution >= 0.6 is 0 Å². The van der Waals surface area contributed by atoms with Crippen LogP contribution in [0.15, 0.2) is 0 Å². The lowest BCUT2D eigenvalue weighted by atomic mass is 10.1. The minimum absolute atomic E-state index is 0.0338. The lowest BCUT2D eigenvalue weighted by molar-refractivity contribution is 0.00828. The summed E-state index contributed by atoms with van der Waals surface area (Å²) in [7, 11) is 1.85. The molecule has 0 aromatic carbocycles. The standard InChI is InChI=1S/C14H28N2O2/c1-12(2)7-9-15-14(17)16(3)10-8-13-6-4-5-11-18-13/h12-13H,4-11H2,1-3H3,(H,15,17). The van der Waals surface area contributed by atoms with E-state index in [1.165, 1.54) is 12.8 Å². The van der Waals surface area contributed by atoms with Gasteiger partial charge < -0.3 is 15.0 Å². The van der Waals surface area contributed by atoms with Gasteiger partial charge in [-0.2, -0.15) is 0 Å². The predicted molar refractivity (Wildman–Crippen MR) is 73.7 cm³/mol. The van der Waals surface area contributed by atoms with Gasteiger partial charge in [-0.3, -0.25) is 0 Å². The van der Waals surface area contributed by atoms with Crippen LogP contribution in [0.2, 0.25) is 0 Å². The smallest absolute Gasteiger partial charge is 0.317 e. The third kappa shape index (κ3) is 6.24. The van der Waals surface area contributed by atoms with Gasteiger partial charge in [0.1, 0.15) is 0 Å². The van der Waals surface area contributed by atoms with Crippen molar-refractivity contribution in [1.29, 1.82) is 0 Å². The van der Waals surface area contributed by atoms with Gasteiger partial charge in [0.15, 0.2) is 0 Å². The first kappa shape index (κ1) is 15.3. The summed E-state index contributed by atoms with van der Waals surface area (Å²) >= 11 is 0. The van der Waals surface area contributed by atoms with Crippen molar-refractivity contribution >= 4 is 6.03 Å². The highest BCUT2D eigenvalue weighted by molar-refractivity contribution is 5.73. The predicted octanol–water partition coefficient (Wildman–Crippen LogP) is 2.63. The molecule has 0 spiro atoms. The minimum Gasteiger partial charge on any atom is -0.378 e. The monoisotopic (exact) mass is 256 g/mol. The number of ether oxygens (including phenoxy) is 1. The molecular weight excluding hydrogens is 228 g/mol. The summed E-state index contributed by atoms with van der Waals surface area (Å²) in [6.45, 7) is 6.75. The molecule has 0 bridgehead atoms. The van der Waals surface area contributed by atoms with E-state index in [9.17, 15) is 4.79 Å². The molecule has 1 unspecified atom stereocenters. The Morgan fingerprint density at radius 2 is 2.22 bits per heavy atom. The van der Waals surface area contributed by atoms with Gasteiger partial charge in [-0.1, -0.05) is 13.8 Å². The molecule has 1 heterocycles. The molecule has 4 nitrogen and oxygen atoms in total. The van der Waals surface area contributed by atoms with Gasteiger partial charge in [-0.05, 0) is 38.0 Å². The van der Waals surface area contributed by atoms with Crippen LogP contribution in [0.5, 0.6) is 0 Å². The van der Waals surface area contributed by atoms with Crippen molar-refractivity contribution in [3.63, 3.8) is 0 Å². The first-order valence-corrected chi connectivity index (χ1v) is 7.20. The van der Waals surface area contributed by atoms with E-state index in [1.807, 2.05) is 7.05 Å². The number of urea groups is 1. The second-order valence-electron chi connectivity index (χ2n) is 5.61. The van der Waals surface area contributed by atoms with E-state index >= 15 is 0 Å². The van der Waals surface area contributed by atoms with Crippen LogP contribution in [-0.2, 0) is 4.74 Å². The van der Waals surface area contributed by atoms with Crippen molar-refractivity contribution in [3.8, 4) is 0 Å². The van der Waals surface area contributed by atoms with E-state index in [0.29, 0.717) is 12.0 Å². The van der Waals surface area contributed by atoms with E-state index in [0.717, 1.165) is 39.0 Å². The highest BCUT2D eigenvalue weighted by Crippen LogP contribution is 2.15. The zero-order valence-electron chi connectivity index (χ0n) is 12.1. The zero-order chi connectivity index (χ0) is 13.4. The Labute approximate surface area is 111 Å². The number of nitrogens with zero attached hydrogens (tertiary/aromatic N) is 1. The van der Waals surface area contributed by atoms with Gasteiger partial charge in [0.2, 0.25) is 0 Å². The fourth-order valence-electron chi connectivity index (χ4n) is 2.08. The molecule has 0 aromatic heterocycles. The van der Waals surface area contributed by atoms with Gasteiger partial charge >= 0.3 is 6.03 Å². The molecule has 0 saturated carbocycles. The fourth-order valence-corrected chi connectivity index (χ4v) is 2.08. The Morgan fingerprint density at radius 1 is 1.44 bits per heavy atom. The number of hydrogen-bond donors (Lipinski definition) is 1. The normalized spacial score (nSPS) is 19.9. The zero-order valence-corrected chi connectivity index (χ0v) is 12.1. The van der Waals surface area contributed by atoms with E-state index in [1.54, 1.807) is 4.90 Å². The van der Waals surface area contributed by atoms with Crippen LogP contribution in [0.4, 0.5) is 4.79 Å². The Hall–Kier alpha value is -0.770. The van der Waals surface area contributed by atoms with E-state index in [-0.39, 0.29) is 6.03 Å². The maximum Gasteiger partial charge on any atom is 0.317 e. The molecule has 1 aliphatic heterocycles. The largest absolute Gasteiger partial charge is 0.378 e. The van der Waals surface area contributed by atoms with Crippen molar-refractivity contribution in [1.82, 2.24) is 10.2 Å². The number of hydrogen-bond acceptors (Lipinski definition) is 2. The number of carbonyl (C=O) groups excluding carboxylic acids is 1. The minimum atomic E-state index is 0.0338. The molecule has 1 N–H and O–H groups in total. The number of carbonyl (C=O) groups is 1. The quantitative estimate of drug-likeness (QED) is 0.793. The van der Waals surface area contributed by atoms with Crippen molar-refractivity contribution < 1.29 is 9.53 Å².